The first-order valence-corrected chi connectivity index (χ1v) is 18.9. The monoisotopic (exact) mass is 563 g/mol. The van der Waals surface area contributed by atoms with Crippen LogP contribution in [0.2, 0.25) is 0 Å². The average molecular weight is 563 g/mol. The predicted molar refractivity (Wildman–Crippen MR) is 171 cm³/mol. The number of quaternary nitrogens is 1. The Labute approximate surface area is 241 Å². The minimum absolute atomic E-state index is 0.715. The largest absolute Gasteiger partial charge is 0.324 e. The Hall–Kier alpha value is -0.130. The van der Waals surface area contributed by atoms with Crippen LogP contribution in [0.5, 0.6) is 0 Å². The van der Waals surface area contributed by atoms with Crippen molar-refractivity contribution in [2.24, 2.45) is 0 Å². The first-order chi connectivity index (χ1) is 18.2. The van der Waals surface area contributed by atoms with E-state index in [0.717, 1.165) is 0 Å². The van der Waals surface area contributed by atoms with E-state index < -0.39 is 10.1 Å². The summed E-state index contributed by atoms with van der Waals surface area (Å²) < 4.78 is 27.3. The molecule has 0 aliphatic rings. The van der Waals surface area contributed by atoms with E-state index in [9.17, 15) is 8.42 Å². The summed E-state index contributed by atoms with van der Waals surface area (Å²) in [6, 6.07) is 0. The van der Waals surface area contributed by atoms with E-state index >= 15 is 0 Å². The van der Waals surface area contributed by atoms with Gasteiger partial charge in [-0.05, 0) is 51.4 Å². The van der Waals surface area contributed by atoms with Gasteiger partial charge in [0.1, 0.15) is 0 Å². The molecule has 0 radical (unpaired) electrons. The maximum Gasteiger partial charge on any atom is 0.261 e. The van der Waals surface area contributed by atoms with Crippen molar-refractivity contribution in [3.05, 3.63) is 0 Å². The minimum atomic E-state index is -3.67. The van der Waals surface area contributed by atoms with E-state index in [1.54, 1.807) is 0 Å². The molecule has 0 fully saturated rings. The molecule has 0 atom stereocenters. The van der Waals surface area contributed by atoms with Gasteiger partial charge in [0, 0.05) is 0 Å². The molecule has 0 aliphatic heterocycles. The van der Waals surface area contributed by atoms with E-state index in [0.29, 0.717) is 6.26 Å². The van der Waals surface area contributed by atoms with Gasteiger partial charge >= 0.3 is 0 Å². The molecule has 0 saturated heterocycles. The summed E-state index contributed by atoms with van der Waals surface area (Å²) in [4.78, 5) is 0. The summed E-state index contributed by atoms with van der Waals surface area (Å²) >= 11 is 0. The summed E-state index contributed by atoms with van der Waals surface area (Å²) in [6.07, 6.45) is 35.5. The van der Waals surface area contributed by atoms with E-state index in [-0.39, 0.29) is 0 Å². The van der Waals surface area contributed by atoms with E-state index in [1.165, 1.54) is 185 Å². The molecule has 232 valence electrons. The summed E-state index contributed by atoms with van der Waals surface area (Å²) in [7, 11) is -3.67. The van der Waals surface area contributed by atoms with Crippen LogP contribution in [0.4, 0.5) is 0 Å². The van der Waals surface area contributed by atoms with Crippen molar-refractivity contribution in [3.8, 4) is 0 Å². The van der Waals surface area contributed by atoms with Crippen LogP contribution >= 0.6 is 0 Å². The highest BCUT2D eigenvalue weighted by Gasteiger charge is 2.25. The molecule has 4 nitrogen and oxygen atoms in total. The normalized spacial score (nSPS) is 11.9. The van der Waals surface area contributed by atoms with Crippen molar-refractivity contribution in [2.45, 2.75) is 182 Å². The molecule has 0 heterocycles. The second-order valence-electron chi connectivity index (χ2n) is 12.0. The molecular weight excluding hydrogens is 490 g/mol. The smallest absolute Gasteiger partial charge is 0.261 e. The molecule has 0 aromatic carbocycles. The Balaban J connectivity index is 0. The number of nitrogens with zero attached hydrogens (tertiary/aromatic N) is 1. The second-order valence-corrected chi connectivity index (χ2v) is 13.5. The zero-order valence-electron chi connectivity index (χ0n) is 26.9. The highest BCUT2D eigenvalue weighted by molar-refractivity contribution is 7.85. The quantitative estimate of drug-likeness (QED) is 0.0586. The molecule has 0 unspecified atom stereocenters. The molecule has 0 aliphatic carbocycles. The molecular formula is C33H72NO3S+. The predicted octanol–water partition coefficient (Wildman–Crippen LogP) is 10.7. The van der Waals surface area contributed by atoms with Crippen molar-refractivity contribution in [1.29, 1.82) is 0 Å². The Morgan fingerprint density at radius 3 is 0.737 bits per heavy atom. The Morgan fingerprint density at radius 1 is 0.395 bits per heavy atom. The van der Waals surface area contributed by atoms with Gasteiger partial charge < -0.3 is 4.48 Å². The standard InChI is InChI=1S/C32H68N.CH4O3S/c1-5-9-13-17-21-25-29-33(30-26-22-18-14-10-6-2,31-27-23-19-15-11-7-3)32-28-24-20-16-12-8-4;1-5(2,3)4/h5-32H2,1-4H3;1H3,(H,2,3,4)/q+1;. The number of rotatable bonds is 28. The van der Waals surface area contributed by atoms with Gasteiger partial charge in [-0.2, -0.15) is 8.42 Å². The highest BCUT2D eigenvalue weighted by atomic mass is 32.2. The summed E-state index contributed by atoms with van der Waals surface area (Å²) in [5.41, 5.74) is 0. The number of unbranched alkanes of at least 4 members (excludes halogenated alkanes) is 20. The Kier molecular flexibility index (Phi) is 31.4. The van der Waals surface area contributed by atoms with Crippen LogP contribution in [-0.2, 0) is 10.1 Å². The fraction of sp³-hybridized carbons (Fsp3) is 1.00. The minimum Gasteiger partial charge on any atom is -0.324 e. The molecule has 0 rings (SSSR count). The third-order valence-electron chi connectivity index (χ3n) is 7.94. The molecule has 38 heavy (non-hydrogen) atoms. The molecule has 0 spiro atoms. The lowest BCUT2D eigenvalue weighted by atomic mass is 10.0. The maximum absolute atomic E-state index is 9.19. The molecule has 1 N–H and O–H groups in total. The fourth-order valence-electron chi connectivity index (χ4n) is 5.58. The third kappa shape index (κ3) is 33.9. The van der Waals surface area contributed by atoms with Crippen LogP contribution in [0.25, 0.3) is 0 Å². The van der Waals surface area contributed by atoms with Crippen molar-refractivity contribution in [1.82, 2.24) is 0 Å². The van der Waals surface area contributed by atoms with Crippen LogP contribution in [0.3, 0.4) is 0 Å². The number of hydrogen-bond donors (Lipinski definition) is 1. The summed E-state index contributed by atoms with van der Waals surface area (Å²) in [5.74, 6) is 0. The SMILES string of the molecule is CCCCCCCC[N+](CCCCCCCC)(CCCCCCCC)CCCCCCCC.CS(=O)(=O)O. The van der Waals surface area contributed by atoms with Crippen molar-refractivity contribution in [3.63, 3.8) is 0 Å². The van der Waals surface area contributed by atoms with Crippen LogP contribution in [0, 0.1) is 0 Å². The van der Waals surface area contributed by atoms with Crippen LogP contribution in [0.1, 0.15) is 182 Å². The van der Waals surface area contributed by atoms with E-state index in [1.807, 2.05) is 0 Å². The number of hydrogen-bond acceptors (Lipinski definition) is 2. The second kappa shape index (κ2) is 29.8. The molecule has 0 bridgehead atoms. The lowest BCUT2D eigenvalue weighted by Gasteiger charge is -2.40. The van der Waals surface area contributed by atoms with Gasteiger partial charge in [-0.15, -0.1) is 0 Å². The van der Waals surface area contributed by atoms with Gasteiger partial charge in [0.05, 0.1) is 32.4 Å². The molecule has 0 aromatic rings. The molecule has 0 aromatic heterocycles. The Morgan fingerprint density at radius 2 is 0.553 bits per heavy atom. The van der Waals surface area contributed by atoms with Gasteiger partial charge in [0.25, 0.3) is 10.1 Å². The lowest BCUT2D eigenvalue weighted by molar-refractivity contribution is -0.929. The molecule has 5 heteroatoms. The summed E-state index contributed by atoms with van der Waals surface area (Å²) in [5, 5.41) is 0. The van der Waals surface area contributed by atoms with Crippen LogP contribution < -0.4 is 0 Å². The first kappa shape index (κ1) is 40.0. The maximum atomic E-state index is 9.19. The van der Waals surface area contributed by atoms with Crippen LogP contribution in [0.15, 0.2) is 0 Å². The van der Waals surface area contributed by atoms with Crippen molar-refractivity contribution >= 4 is 10.1 Å². The topological polar surface area (TPSA) is 54.4 Å². The molecule has 0 amide bonds. The third-order valence-corrected chi connectivity index (χ3v) is 7.94. The molecule has 0 saturated carbocycles. The zero-order valence-corrected chi connectivity index (χ0v) is 27.7. The fourth-order valence-corrected chi connectivity index (χ4v) is 5.58. The zero-order chi connectivity index (χ0) is 28.8. The van der Waals surface area contributed by atoms with E-state index in [4.69, 9.17) is 4.55 Å². The lowest BCUT2D eigenvalue weighted by Crippen LogP contribution is -2.50. The summed E-state index contributed by atoms with van der Waals surface area (Å²) in [6.45, 7) is 15.3. The van der Waals surface area contributed by atoms with Gasteiger partial charge in [-0.25, -0.2) is 0 Å². The Bertz CT molecular complexity index is 473. The van der Waals surface area contributed by atoms with Gasteiger partial charge in [-0.1, -0.05) is 130 Å². The highest BCUT2D eigenvalue weighted by Crippen LogP contribution is 2.20. The van der Waals surface area contributed by atoms with E-state index in [2.05, 4.69) is 27.7 Å². The van der Waals surface area contributed by atoms with Gasteiger partial charge in [0.2, 0.25) is 0 Å². The first-order valence-electron chi connectivity index (χ1n) is 17.0. The van der Waals surface area contributed by atoms with Gasteiger partial charge in [0.15, 0.2) is 0 Å². The van der Waals surface area contributed by atoms with Crippen molar-refractivity contribution in [2.75, 3.05) is 32.4 Å². The average Bonchev–Trinajstić information content (AvgIpc) is 2.86. The van der Waals surface area contributed by atoms with Gasteiger partial charge in [-0.3, -0.25) is 4.55 Å². The van der Waals surface area contributed by atoms with Crippen LogP contribution in [-0.4, -0.2) is 49.9 Å². The van der Waals surface area contributed by atoms with Crippen molar-refractivity contribution < 1.29 is 17.5 Å².